The first kappa shape index (κ1) is 20.5. The molecule has 1 fully saturated rings. The quantitative estimate of drug-likeness (QED) is 0.813. The van der Waals surface area contributed by atoms with Gasteiger partial charge in [0.2, 0.25) is 0 Å². The number of hydrogen-bond acceptors (Lipinski definition) is 5. The van der Waals surface area contributed by atoms with Crippen LogP contribution in [0.15, 0.2) is 18.2 Å². The number of alkyl halides is 3. The fourth-order valence-corrected chi connectivity index (χ4v) is 3.72. The lowest BCUT2D eigenvalue weighted by atomic mass is 9.89. The van der Waals surface area contributed by atoms with Crippen molar-refractivity contribution in [1.29, 1.82) is 0 Å². The minimum atomic E-state index is -4.52. The third kappa shape index (κ3) is 3.98. The Bertz CT molecular complexity index is 849. The summed E-state index contributed by atoms with van der Waals surface area (Å²) in [6.07, 6.45) is -2.65. The standard InChI is InChI=1S/C20H24F3N3O2/c1-11-12(2)18(19(28-3)13-5-4-8-24-10-13)26-25-17(11)15-7-6-14(9-16(15)27)20(21,22)23/h6-7,9,13,19,24,27H,4-5,8,10H2,1-3H3. The number of aromatic hydroxyl groups is 1. The fourth-order valence-electron chi connectivity index (χ4n) is 3.72. The van der Waals surface area contributed by atoms with Gasteiger partial charge in [-0.05, 0) is 62.6 Å². The summed E-state index contributed by atoms with van der Waals surface area (Å²) in [6.45, 7) is 5.54. The molecule has 0 saturated carbocycles. The predicted molar refractivity (Wildman–Crippen MR) is 99.0 cm³/mol. The molecule has 2 unspecified atom stereocenters. The van der Waals surface area contributed by atoms with Crippen LogP contribution in [-0.4, -0.2) is 35.5 Å². The zero-order chi connectivity index (χ0) is 20.5. The topological polar surface area (TPSA) is 67.3 Å². The molecule has 2 heterocycles. The summed E-state index contributed by atoms with van der Waals surface area (Å²) >= 11 is 0. The summed E-state index contributed by atoms with van der Waals surface area (Å²) in [5.74, 6) is -0.199. The van der Waals surface area contributed by atoms with E-state index in [0.717, 1.165) is 48.8 Å². The Morgan fingerprint density at radius 3 is 2.54 bits per heavy atom. The molecule has 1 aromatic carbocycles. The van der Waals surface area contributed by atoms with Crippen molar-refractivity contribution in [2.24, 2.45) is 5.92 Å². The van der Waals surface area contributed by atoms with Gasteiger partial charge in [-0.25, -0.2) is 0 Å². The van der Waals surface area contributed by atoms with Crippen molar-refractivity contribution in [1.82, 2.24) is 15.5 Å². The van der Waals surface area contributed by atoms with Crippen molar-refractivity contribution in [3.8, 4) is 17.0 Å². The van der Waals surface area contributed by atoms with E-state index in [1.54, 1.807) is 7.11 Å². The number of piperidine rings is 1. The fraction of sp³-hybridized carbons (Fsp3) is 0.500. The maximum atomic E-state index is 12.8. The van der Waals surface area contributed by atoms with Crippen molar-refractivity contribution in [3.05, 3.63) is 40.6 Å². The normalized spacial score (nSPS) is 18.9. The Morgan fingerprint density at radius 1 is 1.21 bits per heavy atom. The van der Waals surface area contributed by atoms with Gasteiger partial charge in [0.1, 0.15) is 11.9 Å². The Kier molecular flexibility index (Phi) is 5.90. The van der Waals surface area contributed by atoms with Crippen LogP contribution < -0.4 is 5.32 Å². The average Bonchev–Trinajstić information content (AvgIpc) is 2.66. The van der Waals surface area contributed by atoms with Crippen LogP contribution in [0.3, 0.4) is 0 Å². The zero-order valence-electron chi connectivity index (χ0n) is 16.1. The van der Waals surface area contributed by atoms with Crippen LogP contribution in [0.1, 0.15) is 41.3 Å². The molecule has 0 bridgehead atoms. The number of phenolic OH excluding ortho intramolecular Hbond substituents is 1. The van der Waals surface area contributed by atoms with Gasteiger partial charge in [-0.15, -0.1) is 5.10 Å². The van der Waals surface area contributed by atoms with Crippen molar-refractivity contribution in [2.75, 3.05) is 20.2 Å². The second-order valence-electron chi connectivity index (χ2n) is 7.18. The highest BCUT2D eigenvalue weighted by Gasteiger charge is 2.32. The molecule has 8 heteroatoms. The number of ether oxygens (including phenoxy) is 1. The molecule has 2 N–H and O–H groups in total. The number of aromatic nitrogens is 2. The summed E-state index contributed by atoms with van der Waals surface area (Å²) in [6, 6.07) is 2.88. The van der Waals surface area contributed by atoms with Gasteiger partial charge in [-0.2, -0.15) is 18.3 Å². The number of methoxy groups -OCH3 is 1. The molecular formula is C20H24F3N3O2. The molecule has 1 aliphatic heterocycles. The zero-order valence-corrected chi connectivity index (χ0v) is 16.1. The molecule has 1 aromatic heterocycles. The van der Waals surface area contributed by atoms with E-state index in [1.807, 2.05) is 13.8 Å². The Balaban J connectivity index is 1.98. The van der Waals surface area contributed by atoms with E-state index in [2.05, 4.69) is 15.5 Å². The number of hydrogen-bond donors (Lipinski definition) is 2. The number of benzene rings is 1. The van der Waals surface area contributed by atoms with Crippen LogP contribution in [0.2, 0.25) is 0 Å². The van der Waals surface area contributed by atoms with Gasteiger partial charge in [-0.1, -0.05) is 0 Å². The summed E-state index contributed by atoms with van der Waals surface area (Å²) in [4.78, 5) is 0. The largest absolute Gasteiger partial charge is 0.507 e. The summed E-state index contributed by atoms with van der Waals surface area (Å²) < 4.78 is 44.3. The van der Waals surface area contributed by atoms with Gasteiger partial charge in [-0.3, -0.25) is 0 Å². The molecule has 3 rings (SSSR count). The van der Waals surface area contributed by atoms with E-state index < -0.39 is 17.5 Å². The van der Waals surface area contributed by atoms with Gasteiger partial charge >= 0.3 is 6.18 Å². The van der Waals surface area contributed by atoms with Crippen LogP contribution in [0.4, 0.5) is 13.2 Å². The first-order valence-electron chi connectivity index (χ1n) is 9.22. The van der Waals surface area contributed by atoms with Gasteiger partial charge < -0.3 is 15.2 Å². The van der Waals surface area contributed by atoms with Gasteiger partial charge in [0.15, 0.2) is 0 Å². The highest BCUT2D eigenvalue weighted by molar-refractivity contribution is 5.70. The predicted octanol–water partition coefficient (Wildman–Crippen LogP) is 4.17. The van der Waals surface area contributed by atoms with Crippen molar-refractivity contribution in [2.45, 2.75) is 39.0 Å². The molecule has 2 aromatic rings. The number of nitrogens with one attached hydrogen (secondary N) is 1. The van der Waals surface area contributed by atoms with Crippen LogP contribution in [-0.2, 0) is 10.9 Å². The van der Waals surface area contributed by atoms with Gasteiger partial charge in [0, 0.05) is 25.1 Å². The number of halogens is 3. The molecule has 0 radical (unpaired) electrons. The maximum Gasteiger partial charge on any atom is 0.416 e. The van der Waals surface area contributed by atoms with E-state index in [4.69, 9.17) is 4.74 Å². The lowest BCUT2D eigenvalue weighted by molar-refractivity contribution is -0.137. The molecule has 152 valence electrons. The number of nitrogens with zero attached hydrogens (tertiary/aromatic N) is 2. The van der Waals surface area contributed by atoms with Gasteiger partial charge in [0.25, 0.3) is 0 Å². The molecule has 1 saturated heterocycles. The molecule has 1 aliphatic rings. The Labute approximate surface area is 161 Å². The Morgan fingerprint density at radius 2 is 1.96 bits per heavy atom. The van der Waals surface area contributed by atoms with Gasteiger partial charge in [0.05, 0.1) is 17.0 Å². The third-order valence-corrected chi connectivity index (χ3v) is 5.43. The lowest BCUT2D eigenvalue weighted by Crippen LogP contribution is -2.34. The monoisotopic (exact) mass is 395 g/mol. The molecule has 0 aliphatic carbocycles. The first-order valence-corrected chi connectivity index (χ1v) is 9.22. The minimum absolute atomic E-state index is 0.214. The van der Waals surface area contributed by atoms with Crippen molar-refractivity contribution < 1.29 is 23.0 Å². The molecular weight excluding hydrogens is 371 g/mol. The Hall–Kier alpha value is -2.19. The molecule has 28 heavy (non-hydrogen) atoms. The average molecular weight is 395 g/mol. The summed E-state index contributed by atoms with van der Waals surface area (Å²) in [5.41, 5.74) is 2.03. The van der Waals surface area contributed by atoms with Crippen LogP contribution in [0.5, 0.6) is 5.75 Å². The number of phenols is 1. The number of rotatable bonds is 4. The lowest BCUT2D eigenvalue weighted by Gasteiger charge is -2.30. The van der Waals surface area contributed by atoms with E-state index >= 15 is 0 Å². The van der Waals surface area contributed by atoms with Crippen molar-refractivity contribution in [3.63, 3.8) is 0 Å². The van der Waals surface area contributed by atoms with E-state index in [-0.39, 0.29) is 17.6 Å². The van der Waals surface area contributed by atoms with E-state index in [9.17, 15) is 18.3 Å². The molecule has 5 nitrogen and oxygen atoms in total. The maximum absolute atomic E-state index is 12.8. The first-order chi connectivity index (χ1) is 13.2. The highest BCUT2D eigenvalue weighted by atomic mass is 19.4. The van der Waals surface area contributed by atoms with Crippen LogP contribution in [0.25, 0.3) is 11.3 Å². The minimum Gasteiger partial charge on any atom is -0.507 e. The second-order valence-corrected chi connectivity index (χ2v) is 7.18. The van der Waals surface area contributed by atoms with Crippen LogP contribution in [0, 0.1) is 19.8 Å². The second kappa shape index (κ2) is 8.05. The highest BCUT2D eigenvalue weighted by Crippen LogP contribution is 2.38. The SMILES string of the molecule is COC(c1nnc(-c2ccc(C(F)(F)F)cc2O)c(C)c1C)C1CCCNC1. The third-order valence-electron chi connectivity index (χ3n) is 5.43. The molecule has 0 amide bonds. The smallest absolute Gasteiger partial charge is 0.416 e. The van der Waals surface area contributed by atoms with E-state index in [1.165, 1.54) is 6.07 Å². The van der Waals surface area contributed by atoms with Crippen molar-refractivity contribution >= 4 is 0 Å². The molecule has 0 spiro atoms. The summed E-state index contributed by atoms with van der Waals surface area (Å²) in [7, 11) is 1.64. The molecule has 2 atom stereocenters. The summed E-state index contributed by atoms with van der Waals surface area (Å²) in [5, 5.41) is 22.1. The van der Waals surface area contributed by atoms with Crippen LogP contribution >= 0.6 is 0 Å². The van der Waals surface area contributed by atoms with E-state index in [0.29, 0.717) is 11.8 Å².